The molecule has 1 aliphatic carbocycles. The van der Waals surface area contributed by atoms with Crippen LogP contribution in [-0.4, -0.2) is 8.07 Å². The van der Waals surface area contributed by atoms with Crippen LogP contribution in [0.1, 0.15) is 165 Å². The first kappa shape index (κ1) is 39.1. The molecule has 0 spiro atoms. The van der Waals surface area contributed by atoms with Crippen molar-refractivity contribution in [1.29, 1.82) is 0 Å². The number of allylic oxidation sites excluding steroid dienone is 4. The molecule has 0 bridgehead atoms. The van der Waals surface area contributed by atoms with Crippen LogP contribution in [0.2, 0.25) is 0 Å². The average molecular weight is 674 g/mol. The zero-order valence-corrected chi connectivity index (χ0v) is 35.9. The fourth-order valence-corrected chi connectivity index (χ4v) is 11.9. The van der Waals surface area contributed by atoms with Gasteiger partial charge in [-0.3, -0.25) is 0 Å². The summed E-state index contributed by atoms with van der Waals surface area (Å²) in [4.78, 5) is 0. The van der Waals surface area contributed by atoms with Gasteiger partial charge in [-0.15, -0.1) is 0 Å². The first-order valence-corrected chi connectivity index (χ1v) is 20.7. The van der Waals surface area contributed by atoms with Crippen LogP contribution in [0.5, 0.6) is 0 Å². The van der Waals surface area contributed by atoms with Crippen molar-refractivity contribution in [2.75, 3.05) is 0 Å². The summed E-state index contributed by atoms with van der Waals surface area (Å²) in [7, 11) is -2.94. The summed E-state index contributed by atoms with van der Waals surface area (Å²) in [5.41, 5.74) is 11.4. The smallest absolute Gasteiger partial charge is 0.0750 e. The van der Waals surface area contributed by atoms with E-state index in [9.17, 15) is 0 Å². The largest absolute Gasteiger partial charge is 0.162 e. The van der Waals surface area contributed by atoms with Gasteiger partial charge in [0.1, 0.15) is 0 Å². The lowest BCUT2D eigenvalue weighted by atomic mass is 9.80. The van der Waals surface area contributed by atoms with Crippen LogP contribution in [0, 0.1) is 5.54 Å². The van der Waals surface area contributed by atoms with Crippen LogP contribution in [0.15, 0.2) is 78.4 Å². The fraction of sp³-hybridized carbons (Fsp3) is 0.521. The van der Waals surface area contributed by atoms with Gasteiger partial charge < -0.3 is 0 Å². The van der Waals surface area contributed by atoms with E-state index in [0.29, 0.717) is 0 Å². The van der Waals surface area contributed by atoms with Gasteiger partial charge in [-0.05, 0) is 88.4 Å². The van der Waals surface area contributed by atoms with E-state index < -0.39 is 8.07 Å². The minimum absolute atomic E-state index is 0.00570. The number of benzene rings is 3. The molecule has 0 N–H and O–H groups in total. The minimum Gasteiger partial charge on any atom is -0.0750 e. The van der Waals surface area contributed by atoms with E-state index in [2.05, 4.69) is 204 Å². The zero-order valence-electron chi connectivity index (χ0n) is 34.9. The normalized spacial score (nSPS) is 15.6. The lowest BCUT2D eigenvalue weighted by molar-refractivity contribution is 0.569. The quantitative estimate of drug-likeness (QED) is 0.191. The molecule has 0 heterocycles. The Hall–Kier alpha value is -2.64. The van der Waals surface area contributed by atoms with E-state index in [-0.39, 0.29) is 32.5 Å². The molecule has 0 fully saturated rings. The molecule has 0 saturated carbocycles. The lowest BCUT2D eigenvalue weighted by Gasteiger charge is -2.42. The molecular weight excluding hydrogens is 605 g/mol. The number of hydrogen-bond donors (Lipinski definition) is 0. The summed E-state index contributed by atoms with van der Waals surface area (Å²) in [5, 5.41) is 4.48. The maximum atomic E-state index is 2.62. The van der Waals surface area contributed by atoms with Crippen molar-refractivity contribution in [3.05, 3.63) is 117 Å². The molecule has 0 saturated heterocycles. The van der Waals surface area contributed by atoms with Crippen LogP contribution in [0.3, 0.4) is 0 Å². The molecule has 3 aromatic carbocycles. The molecule has 0 unspecified atom stereocenters. The van der Waals surface area contributed by atoms with Gasteiger partial charge in [0.05, 0.1) is 0 Å². The van der Waals surface area contributed by atoms with E-state index in [0.717, 1.165) is 0 Å². The maximum absolute atomic E-state index is 2.94. The Kier molecular flexibility index (Phi) is 10.0. The molecule has 1 radical (unpaired) electrons. The highest BCUT2D eigenvalue weighted by molar-refractivity contribution is 7.15. The molecule has 0 nitrogen and oxygen atoms in total. The van der Waals surface area contributed by atoms with Crippen LogP contribution in [0.4, 0.5) is 0 Å². The summed E-state index contributed by atoms with van der Waals surface area (Å²) in [6.45, 7) is 45.1. The number of rotatable bonds is 4. The average Bonchev–Trinajstić information content (AvgIpc) is 3.36. The van der Waals surface area contributed by atoms with Gasteiger partial charge in [0.15, 0.2) is 8.07 Å². The van der Waals surface area contributed by atoms with E-state index in [1.54, 1.807) is 0 Å². The predicted octanol–water partition coefficient (Wildman–Crippen LogP) is 11.6. The standard InChI is InChI=1S/C48H69Si/c1-32-20-21-39(22-32)49(40-26-33(43(2,3)4)23-34(27-40)44(5,6)7,41-28-35(45(8,9)10)24-36(29-41)46(11,12)13)42-30-37(47(14,15)16)25-38(31-42)48(17,18)19/h20-31H,1-19H3. The molecule has 1 heteroatoms. The summed E-state index contributed by atoms with van der Waals surface area (Å²) in [6, 6.07) is 23.2. The van der Waals surface area contributed by atoms with Crippen LogP contribution in [-0.2, 0) is 32.5 Å². The highest BCUT2D eigenvalue weighted by Crippen LogP contribution is 2.37. The van der Waals surface area contributed by atoms with Crippen molar-refractivity contribution in [2.45, 2.75) is 164 Å². The second-order valence-electron chi connectivity index (χ2n) is 21.3. The van der Waals surface area contributed by atoms with Gasteiger partial charge >= 0.3 is 0 Å². The Bertz CT molecular complexity index is 1470. The first-order valence-electron chi connectivity index (χ1n) is 18.7. The minimum atomic E-state index is -2.94. The molecule has 0 aliphatic heterocycles. The van der Waals surface area contributed by atoms with Crippen molar-refractivity contribution in [2.24, 2.45) is 0 Å². The van der Waals surface area contributed by atoms with Crippen molar-refractivity contribution in [3.63, 3.8) is 0 Å². The fourth-order valence-electron chi connectivity index (χ4n) is 6.93. The molecule has 1 aliphatic rings. The second kappa shape index (κ2) is 12.5. The SMILES string of the molecule is CC1=C[C]([Si](c2cc(C(C)(C)C)cc(C(C)(C)C)c2)(c2cc(C(C)(C)C)cc(C(C)(C)C)c2)c2cc(C(C)(C)C)cc(C(C)(C)C)c2)C=C1. The molecule has 49 heavy (non-hydrogen) atoms. The molecule has 265 valence electrons. The molecule has 3 aromatic rings. The van der Waals surface area contributed by atoms with E-state index >= 15 is 0 Å². The lowest BCUT2D eigenvalue weighted by Crippen LogP contribution is -2.71. The van der Waals surface area contributed by atoms with Gasteiger partial charge in [-0.2, -0.15) is 0 Å². The Balaban J connectivity index is 2.43. The van der Waals surface area contributed by atoms with E-state index in [1.807, 2.05) is 0 Å². The van der Waals surface area contributed by atoms with Crippen LogP contribution >= 0.6 is 0 Å². The topological polar surface area (TPSA) is 0 Å². The van der Waals surface area contributed by atoms with Gasteiger partial charge in [-0.25, -0.2) is 0 Å². The zero-order chi connectivity index (χ0) is 37.3. The van der Waals surface area contributed by atoms with Gasteiger partial charge in [0.2, 0.25) is 0 Å². The van der Waals surface area contributed by atoms with Gasteiger partial charge in [-0.1, -0.05) is 203 Å². The Labute approximate surface area is 303 Å². The number of hydrogen-bond acceptors (Lipinski definition) is 0. The molecule has 0 atom stereocenters. The summed E-state index contributed by atoms with van der Waals surface area (Å²) in [6.07, 6.45) is 7.35. The Morgan fingerprint density at radius 3 is 0.714 bits per heavy atom. The molecule has 4 rings (SSSR count). The predicted molar refractivity (Wildman–Crippen MR) is 222 cm³/mol. The van der Waals surface area contributed by atoms with E-state index in [4.69, 9.17) is 0 Å². The Morgan fingerprint density at radius 1 is 0.327 bits per heavy atom. The molecule has 0 amide bonds. The monoisotopic (exact) mass is 674 g/mol. The van der Waals surface area contributed by atoms with Crippen LogP contribution < -0.4 is 15.6 Å². The Morgan fingerprint density at radius 2 is 0.551 bits per heavy atom. The third kappa shape index (κ3) is 8.14. The molecular formula is C48H69Si. The summed E-state index contributed by atoms with van der Waals surface area (Å²) in [5.74, 6) is 0. The van der Waals surface area contributed by atoms with Gasteiger partial charge in [0, 0.05) is 5.54 Å². The van der Waals surface area contributed by atoms with Crippen molar-refractivity contribution in [1.82, 2.24) is 0 Å². The summed E-state index contributed by atoms with van der Waals surface area (Å²) < 4.78 is 0. The first-order chi connectivity index (χ1) is 21.9. The summed E-state index contributed by atoms with van der Waals surface area (Å²) >= 11 is 0. The van der Waals surface area contributed by atoms with Crippen LogP contribution in [0.25, 0.3) is 0 Å². The highest BCUT2D eigenvalue weighted by atomic mass is 28.3. The highest BCUT2D eigenvalue weighted by Gasteiger charge is 2.48. The van der Waals surface area contributed by atoms with Crippen molar-refractivity contribution < 1.29 is 0 Å². The third-order valence-corrected chi connectivity index (χ3v) is 15.3. The van der Waals surface area contributed by atoms with Crippen molar-refractivity contribution >= 4 is 23.6 Å². The van der Waals surface area contributed by atoms with Crippen molar-refractivity contribution in [3.8, 4) is 0 Å². The second-order valence-corrected chi connectivity index (χ2v) is 25.1. The van der Waals surface area contributed by atoms with Gasteiger partial charge in [0.25, 0.3) is 0 Å². The maximum Gasteiger partial charge on any atom is 0.162 e. The molecule has 0 aromatic heterocycles. The van der Waals surface area contributed by atoms with E-state index in [1.165, 1.54) is 60.1 Å². The third-order valence-electron chi connectivity index (χ3n) is 10.6.